The van der Waals surface area contributed by atoms with Gasteiger partial charge in [-0.05, 0) is 48.8 Å². The Morgan fingerprint density at radius 1 is 1.29 bits per heavy atom. The molecular weight excluding hydrogens is 289 g/mol. The maximum absolute atomic E-state index is 13.8. The standard InChI is InChI=1S/C17H23ClFNO/c1-17(2,3)12-5-4-9-20(10-8-12)16(21)14-11-13(18)6-7-15(14)19/h6-7,11-12H,4-5,8-10H2,1-3H3. The maximum atomic E-state index is 13.8. The lowest BCUT2D eigenvalue weighted by molar-refractivity contribution is 0.0751. The van der Waals surface area contributed by atoms with E-state index in [1.807, 2.05) is 0 Å². The molecule has 2 rings (SSSR count). The molecule has 1 aliphatic rings. The van der Waals surface area contributed by atoms with Crippen molar-refractivity contribution in [2.45, 2.75) is 40.0 Å². The number of likely N-dealkylation sites (tertiary alicyclic amines) is 1. The van der Waals surface area contributed by atoms with E-state index in [1.54, 1.807) is 4.90 Å². The Morgan fingerprint density at radius 3 is 2.67 bits per heavy atom. The van der Waals surface area contributed by atoms with Gasteiger partial charge in [-0.3, -0.25) is 4.79 Å². The SMILES string of the molecule is CC(C)(C)C1CCCN(C(=O)c2cc(Cl)ccc2F)CC1. The minimum absolute atomic E-state index is 0.0803. The molecule has 21 heavy (non-hydrogen) atoms. The zero-order valence-electron chi connectivity index (χ0n) is 13.0. The van der Waals surface area contributed by atoms with E-state index in [0.717, 1.165) is 19.3 Å². The molecule has 1 unspecified atom stereocenters. The van der Waals surface area contributed by atoms with Crippen molar-refractivity contribution >= 4 is 17.5 Å². The predicted octanol–water partition coefficient (Wildman–Crippen LogP) is 4.77. The van der Waals surface area contributed by atoms with E-state index in [1.165, 1.54) is 18.2 Å². The molecule has 1 aromatic rings. The van der Waals surface area contributed by atoms with Crippen molar-refractivity contribution < 1.29 is 9.18 Å². The lowest BCUT2D eigenvalue weighted by Gasteiger charge is -2.29. The number of amides is 1. The fourth-order valence-corrected chi connectivity index (χ4v) is 3.17. The summed E-state index contributed by atoms with van der Waals surface area (Å²) in [6.07, 6.45) is 3.05. The van der Waals surface area contributed by atoms with E-state index in [-0.39, 0.29) is 16.9 Å². The second-order valence-electron chi connectivity index (χ2n) is 6.91. The third-order valence-electron chi connectivity index (χ3n) is 4.40. The van der Waals surface area contributed by atoms with Crippen LogP contribution in [0, 0.1) is 17.2 Å². The number of hydrogen-bond donors (Lipinski definition) is 0. The minimum Gasteiger partial charge on any atom is -0.339 e. The quantitative estimate of drug-likeness (QED) is 0.731. The molecule has 0 N–H and O–H groups in total. The molecule has 4 heteroatoms. The molecule has 0 aliphatic carbocycles. The molecule has 0 bridgehead atoms. The fourth-order valence-electron chi connectivity index (χ4n) is 3.00. The Bertz CT molecular complexity index is 524. The lowest BCUT2D eigenvalue weighted by Crippen LogP contribution is -2.33. The van der Waals surface area contributed by atoms with Crippen molar-refractivity contribution in [1.82, 2.24) is 4.90 Å². The Hall–Kier alpha value is -1.09. The Labute approximate surface area is 131 Å². The molecule has 116 valence electrons. The van der Waals surface area contributed by atoms with E-state index < -0.39 is 5.82 Å². The monoisotopic (exact) mass is 311 g/mol. The van der Waals surface area contributed by atoms with Gasteiger partial charge in [0.25, 0.3) is 5.91 Å². The van der Waals surface area contributed by atoms with Gasteiger partial charge in [-0.15, -0.1) is 0 Å². The second kappa shape index (κ2) is 6.35. The van der Waals surface area contributed by atoms with Crippen LogP contribution in [0.25, 0.3) is 0 Å². The normalized spacial score (nSPS) is 20.2. The molecule has 1 fully saturated rings. The van der Waals surface area contributed by atoms with E-state index in [9.17, 15) is 9.18 Å². The van der Waals surface area contributed by atoms with Gasteiger partial charge < -0.3 is 4.90 Å². The first-order chi connectivity index (χ1) is 9.79. The molecule has 1 saturated heterocycles. The first kappa shape index (κ1) is 16.3. The maximum Gasteiger partial charge on any atom is 0.256 e. The van der Waals surface area contributed by atoms with Crippen LogP contribution in [0.3, 0.4) is 0 Å². The van der Waals surface area contributed by atoms with Crippen LogP contribution >= 0.6 is 11.6 Å². The Morgan fingerprint density at radius 2 is 2.00 bits per heavy atom. The van der Waals surface area contributed by atoms with Crippen LogP contribution in [0.15, 0.2) is 18.2 Å². The number of benzene rings is 1. The van der Waals surface area contributed by atoms with Crippen LogP contribution in [-0.2, 0) is 0 Å². The zero-order valence-corrected chi connectivity index (χ0v) is 13.7. The molecule has 1 amide bonds. The third-order valence-corrected chi connectivity index (χ3v) is 4.63. The lowest BCUT2D eigenvalue weighted by atomic mass is 9.77. The first-order valence-corrected chi connectivity index (χ1v) is 7.91. The molecule has 0 radical (unpaired) electrons. The highest BCUT2D eigenvalue weighted by Gasteiger charge is 2.29. The van der Waals surface area contributed by atoms with Crippen LogP contribution in [-0.4, -0.2) is 23.9 Å². The number of hydrogen-bond acceptors (Lipinski definition) is 1. The van der Waals surface area contributed by atoms with Gasteiger partial charge in [0.15, 0.2) is 0 Å². The molecule has 1 aliphatic heterocycles. The highest BCUT2D eigenvalue weighted by molar-refractivity contribution is 6.31. The van der Waals surface area contributed by atoms with Crippen LogP contribution in [0.2, 0.25) is 5.02 Å². The van der Waals surface area contributed by atoms with Gasteiger partial charge in [-0.1, -0.05) is 32.4 Å². The molecule has 2 nitrogen and oxygen atoms in total. The summed E-state index contributed by atoms with van der Waals surface area (Å²) in [5.41, 5.74) is 0.331. The van der Waals surface area contributed by atoms with Gasteiger partial charge in [0.05, 0.1) is 5.56 Å². The number of carbonyl (C=O) groups excluding carboxylic acids is 1. The predicted molar refractivity (Wildman–Crippen MR) is 84.1 cm³/mol. The van der Waals surface area contributed by atoms with Crippen molar-refractivity contribution in [2.75, 3.05) is 13.1 Å². The van der Waals surface area contributed by atoms with Gasteiger partial charge in [-0.2, -0.15) is 0 Å². The number of halogens is 2. The van der Waals surface area contributed by atoms with Gasteiger partial charge in [-0.25, -0.2) is 4.39 Å². The summed E-state index contributed by atoms with van der Waals surface area (Å²) in [7, 11) is 0. The molecule has 0 spiro atoms. The summed E-state index contributed by atoms with van der Waals surface area (Å²) in [4.78, 5) is 14.3. The highest BCUT2D eigenvalue weighted by atomic mass is 35.5. The second-order valence-corrected chi connectivity index (χ2v) is 7.35. The topological polar surface area (TPSA) is 20.3 Å². The van der Waals surface area contributed by atoms with Gasteiger partial charge in [0.2, 0.25) is 0 Å². The van der Waals surface area contributed by atoms with Gasteiger partial charge in [0.1, 0.15) is 5.82 Å². The average Bonchev–Trinajstić information content (AvgIpc) is 2.66. The number of nitrogens with zero attached hydrogens (tertiary/aromatic N) is 1. The fraction of sp³-hybridized carbons (Fsp3) is 0.588. The molecule has 0 saturated carbocycles. The van der Waals surface area contributed by atoms with E-state index in [0.29, 0.717) is 24.0 Å². The Balaban J connectivity index is 2.12. The molecule has 0 aromatic heterocycles. The summed E-state index contributed by atoms with van der Waals surface area (Å²) >= 11 is 5.88. The van der Waals surface area contributed by atoms with Crippen molar-refractivity contribution in [3.05, 3.63) is 34.6 Å². The average molecular weight is 312 g/mol. The van der Waals surface area contributed by atoms with Crippen molar-refractivity contribution in [2.24, 2.45) is 11.3 Å². The van der Waals surface area contributed by atoms with Crippen LogP contribution in [0.1, 0.15) is 50.4 Å². The minimum atomic E-state index is -0.499. The highest BCUT2D eigenvalue weighted by Crippen LogP contribution is 2.34. The molecule has 1 aromatic carbocycles. The zero-order chi connectivity index (χ0) is 15.6. The summed E-state index contributed by atoms with van der Waals surface area (Å²) in [5.74, 6) is -0.148. The smallest absolute Gasteiger partial charge is 0.256 e. The van der Waals surface area contributed by atoms with E-state index in [4.69, 9.17) is 11.6 Å². The Kier molecular flexibility index (Phi) is 4.92. The molecule has 1 heterocycles. The van der Waals surface area contributed by atoms with Gasteiger partial charge in [0, 0.05) is 18.1 Å². The number of rotatable bonds is 1. The summed E-state index contributed by atoms with van der Waals surface area (Å²) < 4.78 is 13.8. The van der Waals surface area contributed by atoms with E-state index in [2.05, 4.69) is 20.8 Å². The van der Waals surface area contributed by atoms with Crippen LogP contribution < -0.4 is 0 Å². The summed E-state index contributed by atoms with van der Waals surface area (Å²) in [5, 5.41) is 0.391. The van der Waals surface area contributed by atoms with Crippen molar-refractivity contribution in [3.8, 4) is 0 Å². The van der Waals surface area contributed by atoms with Gasteiger partial charge >= 0.3 is 0 Å². The summed E-state index contributed by atoms with van der Waals surface area (Å²) in [6.45, 7) is 8.10. The molecular formula is C17H23ClFNO. The van der Waals surface area contributed by atoms with Crippen LogP contribution in [0.5, 0.6) is 0 Å². The van der Waals surface area contributed by atoms with Crippen molar-refractivity contribution in [3.63, 3.8) is 0 Å². The van der Waals surface area contributed by atoms with Crippen molar-refractivity contribution in [1.29, 1.82) is 0 Å². The first-order valence-electron chi connectivity index (χ1n) is 7.53. The van der Waals surface area contributed by atoms with E-state index >= 15 is 0 Å². The van der Waals surface area contributed by atoms with Crippen LogP contribution in [0.4, 0.5) is 4.39 Å². The summed E-state index contributed by atoms with van der Waals surface area (Å²) in [6, 6.07) is 4.14. The molecule has 1 atom stereocenters. The largest absolute Gasteiger partial charge is 0.339 e. The number of carbonyl (C=O) groups is 1. The third kappa shape index (κ3) is 3.97.